The van der Waals surface area contributed by atoms with Gasteiger partial charge >= 0.3 is 0 Å². The maximum atomic E-state index is 12.2. The highest BCUT2D eigenvalue weighted by Gasteiger charge is 2.12. The van der Waals surface area contributed by atoms with E-state index in [0.29, 0.717) is 13.1 Å². The number of likely N-dealkylation sites (N-methyl/N-ethyl adjacent to an activating group) is 1. The maximum absolute atomic E-state index is 12.2. The van der Waals surface area contributed by atoms with Crippen molar-refractivity contribution in [3.05, 3.63) is 46.8 Å². The largest absolute Gasteiger partial charge is 0.324 e. The molecule has 1 N–H and O–H groups in total. The lowest BCUT2D eigenvalue weighted by atomic mass is 10.1. The number of benzene rings is 1. The summed E-state index contributed by atoms with van der Waals surface area (Å²) in [5.41, 5.74) is 5.35. The Morgan fingerprint density at radius 3 is 2.45 bits per heavy atom. The number of rotatable bonds is 5. The van der Waals surface area contributed by atoms with Crippen molar-refractivity contribution in [2.45, 2.75) is 27.3 Å². The molecule has 0 bridgehead atoms. The predicted molar refractivity (Wildman–Crippen MR) is 88.8 cm³/mol. The summed E-state index contributed by atoms with van der Waals surface area (Å²) in [6, 6.07) is 6.01. The first-order valence-corrected chi connectivity index (χ1v) is 7.40. The number of nitrogens with zero attached hydrogens (tertiary/aromatic N) is 3. The van der Waals surface area contributed by atoms with Gasteiger partial charge in [0.05, 0.1) is 12.7 Å². The van der Waals surface area contributed by atoms with Gasteiger partial charge in [-0.15, -0.1) is 0 Å². The third-order valence-electron chi connectivity index (χ3n) is 3.94. The molecule has 5 nitrogen and oxygen atoms in total. The Bertz CT molecular complexity index is 655. The number of hydrogen-bond donors (Lipinski definition) is 1. The molecule has 1 amide bonds. The molecule has 118 valence electrons. The summed E-state index contributed by atoms with van der Waals surface area (Å²) in [6.45, 7) is 7.10. The summed E-state index contributed by atoms with van der Waals surface area (Å²) in [5, 5.41) is 7.24. The molecule has 0 fully saturated rings. The third-order valence-corrected chi connectivity index (χ3v) is 3.94. The molecule has 5 heteroatoms. The van der Waals surface area contributed by atoms with Crippen LogP contribution in [0.2, 0.25) is 0 Å². The van der Waals surface area contributed by atoms with Crippen LogP contribution in [-0.4, -0.2) is 34.2 Å². The van der Waals surface area contributed by atoms with E-state index in [9.17, 15) is 4.79 Å². The molecule has 0 aliphatic carbocycles. The van der Waals surface area contributed by atoms with Gasteiger partial charge < -0.3 is 5.32 Å². The smallest absolute Gasteiger partial charge is 0.238 e. The van der Waals surface area contributed by atoms with Crippen LogP contribution in [0.5, 0.6) is 0 Å². The Kier molecular flexibility index (Phi) is 4.98. The van der Waals surface area contributed by atoms with Crippen molar-refractivity contribution in [3.63, 3.8) is 0 Å². The van der Waals surface area contributed by atoms with Gasteiger partial charge in [0.25, 0.3) is 0 Å². The Balaban J connectivity index is 1.96. The zero-order valence-corrected chi connectivity index (χ0v) is 14.0. The number of para-hydroxylation sites is 1. The van der Waals surface area contributed by atoms with Crippen LogP contribution in [0.25, 0.3) is 0 Å². The van der Waals surface area contributed by atoms with Crippen molar-refractivity contribution in [3.8, 4) is 0 Å². The average molecular weight is 300 g/mol. The topological polar surface area (TPSA) is 50.2 Å². The molecular weight excluding hydrogens is 276 g/mol. The Morgan fingerprint density at radius 2 is 1.91 bits per heavy atom. The number of aromatic nitrogens is 2. The van der Waals surface area contributed by atoms with Gasteiger partial charge in [0.1, 0.15) is 0 Å². The summed E-state index contributed by atoms with van der Waals surface area (Å²) >= 11 is 0. The molecule has 0 aliphatic heterocycles. The van der Waals surface area contributed by atoms with Gasteiger partial charge in [-0.25, -0.2) is 0 Å². The number of anilines is 1. The van der Waals surface area contributed by atoms with E-state index in [2.05, 4.69) is 10.4 Å². The van der Waals surface area contributed by atoms with Crippen LogP contribution in [-0.2, 0) is 18.4 Å². The minimum atomic E-state index is 0.00134. The van der Waals surface area contributed by atoms with Gasteiger partial charge in [-0.05, 0) is 38.9 Å². The number of carbonyl (C=O) groups excluding carboxylic acids is 1. The molecule has 1 aromatic heterocycles. The van der Waals surface area contributed by atoms with E-state index in [1.165, 1.54) is 0 Å². The normalized spacial score (nSPS) is 11.0. The summed E-state index contributed by atoms with van der Waals surface area (Å²) < 4.78 is 1.85. The zero-order chi connectivity index (χ0) is 16.3. The van der Waals surface area contributed by atoms with E-state index in [1.54, 1.807) is 0 Å². The fourth-order valence-corrected chi connectivity index (χ4v) is 2.48. The number of amides is 1. The summed E-state index contributed by atoms with van der Waals surface area (Å²) in [4.78, 5) is 14.2. The van der Waals surface area contributed by atoms with Crippen molar-refractivity contribution in [1.82, 2.24) is 14.7 Å². The van der Waals surface area contributed by atoms with E-state index in [-0.39, 0.29) is 5.91 Å². The molecule has 0 aliphatic rings. The standard InChI is InChI=1S/C17H24N4O/c1-12-7-6-8-13(2)17(12)19-16(22)11-20(4)10-15-9-18-21(5)14(15)3/h6-9H,10-11H2,1-5H3,(H,19,22). The molecule has 0 spiro atoms. The van der Waals surface area contributed by atoms with Crippen LogP contribution in [0, 0.1) is 20.8 Å². The van der Waals surface area contributed by atoms with Crippen LogP contribution < -0.4 is 5.32 Å². The highest BCUT2D eigenvalue weighted by Crippen LogP contribution is 2.19. The van der Waals surface area contributed by atoms with Crippen LogP contribution in [0.4, 0.5) is 5.69 Å². The second-order valence-electron chi connectivity index (χ2n) is 5.87. The van der Waals surface area contributed by atoms with Crippen molar-refractivity contribution in [2.75, 3.05) is 18.9 Å². The van der Waals surface area contributed by atoms with Gasteiger partial charge in [-0.1, -0.05) is 18.2 Å². The Morgan fingerprint density at radius 1 is 1.27 bits per heavy atom. The molecule has 1 aromatic carbocycles. The van der Waals surface area contributed by atoms with E-state index < -0.39 is 0 Å². The lowest BCUT2D eigenvalue weighted by molar-refractivity contribution is -0.117. The van der Waals surface area contributed by atoms with Crippen molar-refractivity contribution in [2.24, 2.45) is 7.05 Å². The minimum absolute atomic E-state index is 0.00134. The van der Waals surface area contributed by atoms with Crippen molar-refractivity contribution >= 4 is 11.6 Å². The molecule has 0 unspecified atom stereocenters. The van der Waals surface area contributed by atoms with Crippen LogP contribution in [0.15, 0.2) is 24.4 Å². The summed E-state index contributed by atoms with van der Waals surface area (Å²) in [7, 11) is 3.86. The predicted octanol–water partition coefficient (Wildman–Crippen LogP) is 2.42. The van der Waals surface area contributed by atoms with Crippen molar-refractivity contribution in [1.29, 1.82) is 0 Å². The van der Waals surface area contributed by atoms with Gasteiger partial charge in [0.2, 0.25) is 5.91 Å². The number of aryl methyl sites for hydroxylation is 3. The molecule has 2 aromatic rings. The van der Waals surface area contributed by atoms with Crippen LogP contribution in [0.1, 0.15) is 22.4 Å². The van der Waals surface area contributed by atoms with Crippen molar-refractivity contribution < 1.29 is 4.79 Å². The molecule has 0 saturated heterocycles. The van der Waals surface area contributed by atoms with E-state index in [1.807, 2.05) is 68.8 Å². The molecule has 1 heterocycles. The third kappa shape index (κ3) is 3.74. The van der Waals surface area contributed by atoms with Crippen LogP contribution >= 0.6 is 0 Å². The van der Waals surface area contributed by atoms with E-state index >= 15 is 0 Å². The molecule has 2 rings (SSSR count). The highest BCUT2D eigenvalue weighted by atomic mass is 16.2. The first-order chi connectivity index (χ1) is 10.4. The van der Waals surface area contributed by atoms with E-state index in [0.717, 1.165) is 28.1 Å². The monoisotopic (exact) mass is 300 g/mol. The van der Waals surface area contributed by atoms with Gasteiger partial charge in [-0.3, -0.25) is 14.4 Å². The fraction of sp³-hybridized carbons (Fsp3) is 0.412. The Hall–Kier alpha value is -2.14. The average Bonchev–Trinajstić information content (AvgIpc) is 2.75. The fourth-order valence-electron chi connectivity index (χ4n) is 2.48. The first-order valence-electron chi connectivity index (χ1n) is 7.40. The van der Waals surface area contributed by atoms with Gasteiger partial charge in [-0.2, -0.15) is 5.10 Å². The lowest BCUT2D eigenvalue weighted by Gasteiger charge is -2.17. The highest BCUT2D eigenvalue weighted by molar-refractivity contribution is 5.93. The summed E-state index contributed by atoms with van der Waals surface area (Å²) in [6.07, 6.45) is 1.86. The van der Waals surface area contributed by atoms with Crippen LogP contribution in [0.3, 0.4) is 0 Å². The maximum Gasteiger partial charge on any atom is 0.238 e. The molecule has 22 heavy (non-hydrogen) atoms. The molecular formula is C17H24N4O. The van der Waals surface area contributed by atoms with Gasteiger partial charge in [0, 0.05) is 30.5 Å². The quantitative estimate of drug-likeness (QED) is 0.922. The first kappa shape index (κ1) is 16.2. The number of hydrogen-bond acceptors (Lipinski definition) is 3. The SMILES string of the molecule is Cc1cccc(C)c1NC(=O)CN(C)Cc1cnn(C)c1C. The lowest BCUT2D eigenvalue weighted by Crippen LogP contribution is -2.30. The Labute approximate surface area is 131 Å². The molecule has 0 radical (unpaired) electrons. The second kappa shape index (κ2) is 6.75. The summed E-state index contributed by atoms with van der Waals surface area (Å²) in [5.74, 6) is 0.00134. The van der Waals surface area contributed by atoms with Gasteiger partial charge in [0.15, 0.2) is 0 Å². The van der Waals surface area contributed by atoms with E-state index in [4.69, 9.17) is 0 Å². The molecule has 0 saturated carbocycles. The number of nitrogens with one attached hydrogen (secondary N) is 1. The number of carbonyl (C=O) groups is 1. The molecule has 0 atom stereocenters. The minimum Gasteiger partial charge on any atom is -0.324 e. The second-order valence-corrected chi connectivity index (χ2v) is 5.87. The zero-order valence-electron chi connectivity index (χ0n) is 14.0.